The van der Waals surface area contributed by atoms with Crippen LogP contribution in [-0.2, 0) is 10.9 Å². The van der Waals surface area contributed by atoms with Crippen molar-refractivity contribution in [3.8, 4) is 0 Å². The number of alkyl halides is 3. The number of anilines is 1. The van der Waals surface area contributed by atoms with Crippen LogP contribution in [0.3, 0.4) is 0 Å². The zero-order chi connectivity index (χ0) is 20.6. The molecule has 0 aromatic heterocycles. The highest BCUT2D eigenvalue weighted by atomic mass is 32.1. The lowest BCUT2D eigenvalue weighted by atomic mass is 10.1. The molecule has 12 heteroatoms. The average molecular weight is 422 g/mol. The van der Waals surface area contributed by atoms with Crippen molar-refractivity contribution in [1.29, 1.82) is 0 Å². The second-order valence-corrected chi connectivity index (χ2v) is 6.62. The Labute approximate surface area is 165 Å². The summed E-state index contributed by atoms with van der Waals surface area (Å²) < 4.78 is 43.4. The molecule has 2 rings (SSSR count). The number of quaternary nitrogens is 1. The predicted molar refractivity (Wildman–Crippen MR) is 102 cm³/mol. The van der Waals surface area contributed by atoms with Gasteiger partial charge in [0.1, 0.15) is 18.8 Å². The number of nitrogens with one attached hydrogen (secondary N) is 4. The second kappa shape index (κ2) is 10.4. The molecule has 156 valence electrons. The highest BCUT2D eigenvalue weighted by Crippen LogP contribution is 2.34. The molecule has 0 amide bonds. The van der Waals surface area contributed by atoms with Crippen LogP contribution in [-0.4, -0.2) is 62.5 Å². The van der Waals surface area contributed by atoms with E-state index in [2.05, 4.69) is 16.0 Å². The molecule has 1 aliphatic rings. The summed E-state index contributed by atoms with van der Waals surface area (Å²) in [4.78, 5) is 11.6. The molecular weight excluding hydrogens is 399 g/mol. The number of thiocarbonyl (C=S) groups is 1. The summed E-state index contributed by atoms with van der Waals surface area (Å²) in [5.74, 6) is 0. The SMILES string of the molecule is O=[N+]([O-])c1cc(C(F)(F)F)ccc1NCCNC(=S)NCC[NH+]1CCOCC1. The normalized spacial score (nSPS) is 15.1. The highest BCUT2D eigenvalue weighted by molar-refractivity contribution is 7.80. The van der Waals surface area contributed by atoms with Crippen molar-refractivity contribution < 1.29 is 27.7 Å². The summed E-state index contributed by atoms with van der Waals surface area (Å²) in [7, 11) is 0. The highest BCUT2D eigenvalue weighted by Gasteiger charge is 2.33. The van der Waals surface area contributed by atoms with Gasteiger partial charge in [0.2, 0.25) is 0 Å². The Morgan fingerprint density at radius 3 is 2.54 bits per heavy atom. The first-order valence-corrected chi connectivity index (χ1v) is 9.20. The summed E-state index contributed by atoms with van der Waals surface area (Å²) in [5, 5.41) is 20.3. The maximum Gasteiger partial charge on any atom is 0.416 e. The van der Waals surface area contributed by atoms with Crippen molar-refractivity contribution in [1.82, 2.24) is 10.6 Å². The van der Waals surface area contributed by atoms with E-state index in [9.17, 15) is 23.3 Å². The first-order chi connectivity index (χ1) is 13.3. The third-order valence-electron chi connectivity index (χ3n) is 4.21. The van der Waals surface area contributed by atoms with Crippen LogP contribution in [0.1, 0.15) is 5.56 Å². The summed E-state index contributed by atoms with van der Waals surface area (Å²) in [6.07, 6.45) is -4.63. The van der Waals surface area contributed by atoms with Gasteiger partial charge >= 0.3 is 6.18 Å². The number of hydrogen-bond acceptors (Lipinski definition) is 5. The first-order valence-electron chi connectivity index (χ1n) is 8.80. The molecule has 0 bridgehead atoms. The van der Waals surface area contributed by atoms with E-state index in [1.54, 1.807) is 0 Å². The van der Waals surface area contributed by atoms with E-state index in [1.165, 1.54) is 4.90 Å². The molecule has 1 aromatic rings. The molecule has 1 heterocycles. The van der Waals surface area contributed by atoms with Gasteiger partial charge in [0.05, 0.1) is 36.8 Å². The quantitative estimate of drug-likeness (QED) is 0.209. The third-order valence-corrected chi connectivity index (χ3v) is 4.50. The lowest BCUT2D eigenvalue weighted by Crippen LogP contribution is -3.14. The van der Waals surface area contributed by atoms with Crippen LogP contribution >= 0.6 is 12.2 Å². The average Bonchev–Trinajstić information content (AvgIpc) is 2.65. The summed E-state index contributed by atoms with van der Waals surface area (Å²) in [6, 6.07) is 2.39. The Morgan fingerprint density at radius 2 is 1.89 bits per heavy atom. The van der Waals surface area contributed by atoms with Gasteiger partial charge < -0.3 is 25.6 Å². The zero-order valence-electron chi connectivity index (χ0n) is 15.1. The molecule has 4 N–H and O–H groups in total. The minimum Gasteiger partial charge on any atom is -0.378 e. The molecule has 0 saturated carbocycles. The molecule has 28 heavy (non-hydrogen) atoms. The van der Waals surface area contributed by atoms with Crippen LogP contribution in [0.5, 0.6) is 0 Å². The number of nitro groups is 1. The molecule has 1 fully saturated rings. The van der Waals surface area contributed by atoms with E-state index in [0.29, 0.717) is 24.3 Å². The number of rotatable bonds is 8. The van der Waals surface area contributed by atoms with Gasteiger partial charge in [-0.15, -0.1) is 0 Å². The van der Waals surface area contributed by atoms with E-state index >= 15 is 0 Å². The Hall–Kier alpha value is -2.18. The maximum absolute atomic E-state index is 12.7. The van der Waals surface area contributed by atoms with Gasteiger partial charge in [-0.25, -0.2) is 0 Å². The molecule has 0 atom stereocenters. The van der Waals surface area contributed by atoms with Gasteiger partial charge in [0.25, 0.3) is 5.69 Å². The van der Waals surface area contributed by atoms with Crippen molar-refractivity contribution in [3.05, 3.63) is 33.9 Å². The van der Waals surface area contributed by atoms with Crippen molar-refractivity contribution >= 4 is 28.7 Å². The Morgan fingerprint density at radius 1 is 1.21 bits per heavy atom. The van der Waals surface area contributed by atoms with E-state index in [4.69, 9.17) is 17.0 Å². The Balaban J connectivity index is 1.72. The van der Waals surface area contributed by atoms with Crippen LogP contribution in [0.25, 0.3) is 0 Å². The number of morpholine rings is 1. The van der Waals surface area contributed by atoms with Crippen LogP contribution in [0.15, 0.2) is 18.2 Å². The van der Waals surface area contributed by atoms with E-state index in [-0.39, 0.29) is 12.2 Å². The zero-order valence-corrected chi connectivity index (χ0v) is 15.9. The van der Waals surface area contributed by atoms with Gasteiger partial charge in [0, 0.05) is 19.2 Å². The molecule has 0 unspecified atom stereocenters. The molecule has 1 aliphatic heterocycles. The van der Waals surface area contributed by atoms with Crippen molar-refractivity contribution in [2.75, 3.05) is 57.8 Å². The van der Waals surface area contributed by atoms with E-state index in [1.807, 2.05) is 0 Å². The molecule has 0 spiro atoms. The standard InChI is InChI=1S/C16H22F3N5O3S/c17-16(18,19)12-1-2-13(14(11-12)24(25)26)20-3-4-21-15(28)22-5-6-23-7-9-27-10-8-23/h1-2,11,20H,3-10H2,(H2,21,22,28)/p+1. The van der Waals surface area contributed by atoms with Gasteiger partial charge in [-0.1, -0.05) is 0 Å². The van der Waals surface area contributed by atoms with Gasteiger partial charge in [-0.3, -0.25) is 10.1 Å². The molecular formula is C16H23F3N5O3S+. The maximum atomic E-state index is 12.7. The minimum absolute atomic E-state index is 0.0228. The number of halogens is 3. The first kappa shape index (κ1) is 22.1. The summed E-state index contributed by atoms with van der Waals surface area (Å²) in [5.41, 5.74) is -1.66. The number of nitro benzene ring substituents is 1. The van der Waals surface area contributed by atoms with Crippen LogP contribution in [0.4, 0.5) is 24.5 Å². The molecule has 0 aliphatic carbocycles. The number of hydrogen-bond donors (Lipinski definition) is 4. The van der Waals surface area contributed by atoms with Gasteiger partial charge in [-0.2, -0.15) is 13.2 Å². The van der Waals surface area contributed by atoms with E-state index in [0.717, 1.165) is 45.0 Å². The smallest absolute Gasteiger partial charge is 0.378 e. The monoisotopic (exact) mass is 422 g/mol. The van der Waals surface area contributed by atoms with Crippen LogP contribution < -0.4 is 20.9 Å². The lowest BCUT2D eigenvalue weighted by Gasteiger charge is -2.24. The molecule has 0 radical (unpaired) electrons. The van der Waals surface area contributed by atoms with Gasteiger partial charge in [-0.05, 0) is 24.4 Å². The molecule has 1 saturated heterocycles. The number of benzene rings is 1. The van der Waals surface area contributed by atoms with Gasteiger partial charge in [0.15, 0.2) is 5.11 Å². The fourth-order valence-electron chi connectivity index (χ4n) is 2.71. The van der Waals surface area contributed by atoms with E-state index < -0.39 is 22.4 Å². The topological polar surface area (TPSA) is 92.9 Å². The minimum atomic E-state index is -4.63. The van der Waals surface area contributed by atoms with Crippen molar-refractivity contribution in [2.24, 2.45) is 0 Å². The predicted octanol–water partition coefficient (Wildman–Crippen LogP) is 0.405. The van der Waals surface area contributed by atoms with Crippen molar-refractivity contribution in [2.45, 2.75) is 6.18 Å². The largest absolute Gasteiger partial charge is 0.416 e. The fraction of sp³-hybridized carbons (Fsp3) is 0.562. The van der Waals surface area contributed by atoms with Crippen molar-refractivity contribution in [3.63, 3.8) is 0 Å². The Kier molecular flexibility index (Phi) is 8.20. The summed E-state index contributed by atoms with van der Waals surface area (Å²) >= 11 is 5.16. The number of ether oxygens (including phenoxy) is 1. The fourth-order valence-corrected chi connectivity index (χ4v) is 2.91. The molecule has 1 aromatic carbocycles. The molecule has 8 nitrogen and oxygen atoms in total. The van der Waals surface area contributed by atoms with Crippen LogP contribution in [0, 0.1) is 10.1 Å². The second-order valence-electron chi connectivity index (χ2n) is 6.21. The van der Waals surface area contributed by atoms with Crippen LogP contribution in [0.2, 0.25) is 0 Å². The third kappa shape index (κ3) is 7.09. The Bertz CT molecular complexity index is 684. The lowest BCUT2D eigenvalue weighted by molar-refractivity contribution is -0.906. The summed E-state index contributed by atoms with van der Waals surface area (Å²) in [6.45, 7) is 5.70. The number of nitrogens with zero attached hydrogens (tertiary/aromatic N) is 1.